The fourth-order valence-electron chi connectivity index (χ4n) is 1.18. The molecule has 1 N–H and O–H groups in total. The number of benzene rings is 1. The van der Waals surface area contributed by atoms with Gasteiger partial charge in [0, 0.05) is 41.2 Å². The first-order chi connectivity index (χ1) is 6.77. The molecule has 0 amide bonds. The summed E-state index contributed by atoms with van der Waals surface area (Å²) in [6, 6.07) is 10.6. The van der Waals surface area contributed by atoms with Crippen molar-refractivity contribution in [2.24, 2.45) is 0 Å². The van der Waals surface area contributed by atoms with Crippen molar-refractivity contribution in [3.05, 3.63) is 51.8 Å². The molecule has 2 aromatic rings. The summed E-state index contributed by atoms with van der Waals surface area (Å²) in [4.78, 5) is 11.5. The van der Waals surface area contributed by atoms with Crippen molar-refractivity contribution >= 4 is 41.2 Å². The summed E-state index contributed by atoms with van der Waals surface area (Å²) in [5.74, 6) is 0. The Balaban J connectivity index is 0.00000112. The van der Waals surface area contributed by atoms with Crippen LogP contribution in [0.2, 0.25) is 5.15 Å². The normalized spacial score (nSPS) is 9.40. The predicted molar refractivity (Wildman–Crippen MR) is 61.1 cm³/mol. The SMILES string of the molecule is O=c1cc(Cl)[nH]nc1-c1ccccc1.[Na]. The maximum atomic E-state index is 11.5. The third-order valence-electron chi connectivity index (χ3n) is 1.81. The van der Waals surface area contributed by atoms with Gasteiger partial charge in [0.2, 0.25) is 5.43 Å². The van der Waals surface area contributed by atoms with E-state index >= 15 is 0 Å². The summed E-state index contributed by atoms with van der Waals surface area (Å²) in [6.07, 6.45) is 0. The van der Waals surface area contributed by atoms with Gasteiger partial charge in [-0.2, -0.15) is 5.10 Å². The zero-order valence-electron chi connectivity index (χ0n) is 8.20. The molecule has 0 spiro atoms. The molecule has 0 fully saturated rings. The summed E-state index contributed by atoms with van der Waals surface area (Å²) in [5, 5.41) is 6.68. The van der Waals surface area contributed by atoms with Crippen molar-refractivity contribution in [3.63, 3.8) is 0 Å². The summed E-state index contributed by atoms with van der Waals surface area (Å²) >= 11 is 5.59. The third kappa shape index (κ3) is 2.92. The molecule has 1 aromatic carbocycles. The Morgan fingerprint density at radius 2 is 1.87 bits per heavy atom. The third-order valence-corrected chi connectivity index (χ3v) is 2.01. The number of aromatic nitrogens is 2. The van der Waals surface area contributed by atoms with Crippen LogP contribution in [0, 0.1) is 0 Å². The van der Waals surface area contributed by atoms with E-state index in [0.717, 1.165) is 5.56 Å². The van der Waals surface area contributed by atoms with Gasteiger partial charge in [0.15, 0.2) is 0 Å². The van der Waals surface area contributed by atoms with E-state index in [4.69, 9.17) is 11.6 Å². The van der Waals surface area contributed by atoms with Gasteiger partial charge < -0.3 is 0 Å². The molecule has 3 nitrogen and oxygen atoms in total. The Morgan fingerprint density at radius 3 is 2.47 bits per heavy atom. The molecule has 1 heterocycles. The predicted octanol–water partition coefficient (Wildman–Crippen LogP) is 1.71. The van der Waals surface area contributed by atoms with Crippen LogP contribution in [0.15, 0.2) is 41.2 Å². The van der Waals surface area contributed by atoms with Crippen molar-refractivity contribution in [1.82, 2.24) is 10.2 Å². The largest absolute Gasteiger partial charge is 0.287 e. The van der Waals surface area contributed by atoms with Gasteiger partial charge in [0.25, 0.3) is 0 Å². The van der Waals surface area contributed by atoms with Crippen molar-refractivity contribution in [2.75, 3.05) is 0 Å². The smallest absolute Gasteiger partial charge is 0.209 e. The van der Waals surface area contributed by atoms with E-state index < -0.39 is 0 Å². The van der Waals surface area contributed by atoms with Gasteiger partial charge in [-0.05, 0) is 0 Å². The Bertz CT molecular complexity index is 498. The first-order valence-electron chi connectivity index (χ1n) is 4.08. The van der Waals surface area contributed by atoms with E-state index in [0.29, 0.717) is 5.69 Å². The standard InChI is InChI=1S/C10H7ClN2O.Na/c11-9-6-8(14)10(13-12-9)7-4-2-1-3-5-7;/h1-6H,(H,12,14);. The molecule has 1 aromatic heterocycles. The van der Waals surface area contributed by atoms with Gasteiger partial charge in [0.1, 0.15) is 10.8 Å². The molecule has 0 aliphatic heterocycles. The molecule has 5 heteroatoms. The second-order valence-corrected chi connectivity index (χ2v) is 3.20. The molecule has 0 saturated heterocycles. The Labute approximate surface area is 114 Å². The average Bonchev–Trinajstić information content (AvgIpc) is 2.19. The number of rotatable bonds is 1. The van der Waals surface area contributed by atoms with E-state index in [1.165, 1.54) is 6.07 Å². The van der Waals surface area contributed by atoms with Gasteiger partial charge in [-0.1, -0.05) is 41.9 Å². The molecule has 0 aliphatic carbocycles. The van der Waals surface area contributed by atoms with Gasteiger partial charge in [-0.3, -0.25) is 9.89 Å². The summed E-state index contributed by atoms with van der Waals surface area (Å²) in [5.41, 5.74) is 0.986. The van der Waals surface area contributed by atoms with Crippen molar-refractivity contribution < 1.29 is 0 Å². The number of hydrogen-bond donors (Lipinski definition) is 1. The van der Waals surface area contributed by atoms with Gasteiger partial charge >= 0.3 is 0 Å². The number of aromatic amines is 1. The molecule has 71 valence electrons. The van der Waals surface area contributed by atoms with Crippen LogP contribution in [0.1, 0.15) is 0 Å². The molecule has 0 saturated carbocycles. The number of nitrogens with zero attached hydrogens (tertiary/aromatic N) is 1. The minimum absolute atomic E-state index is 0. The molecule has 0 unspecified atom stereocenters. The van der Waals surface area contributed by atoms with E-state index in [1.54, 1.807) is 0 Å². The zero-order valence-corrected chi connectivity index (χ0v) is 11.0. The molecular weight excluding hydrogens is 223 g/mol. The van der Waals surface area contributed by atoms with Crippen LogP contribution in [0.25, 0.3) is 11.3 Å². The number of hydrogen-bond acceptors (Lipinski definition) is 2. The summed E-state index contributed by atoms with van der Waals surface area (Å²) in [6.45, 7) is 0. The van der Waals surface area contributed by atoms with Crippen LogP contribution in [0.4, 0.5) is 0 Å². The Morgan fingerprint density at radius 1 is 1.20 bits per heavy atom. The second-order valence-electron chi connectivity index (χ2n) is 2.79. The van der Waals surface area contributed by atoms with Crippen LogP contribution in [0.3, 0.4) is 0 Å². The molecule has 15 heavy (non-hydrogen) atoms. The van der Waals surface area contributed by atoms with E-state index in [9.17, 15) is 4.79 Å². The van der Waals surface area contributed by atoms with Crippen LogP contribution < -0.4 is 5.43 Å². The minimum atomic E-state index is -0.181. The summed E-state index contributed by atoms with van der Waals surface area (Å²) < 4.78 is 0. The fraction of sp³-hybridized carbons (Fsp3) is 0. The number of H-pyrrole nitrogens is 1. The molecule has 0 aliphatic rings. The van der Waals surface area contributed by atoms with E-state index in [1.807, 2.05) is 30.3 Å². The Hall–Kier alpha value is -0.610. The maximum Gasteiger partial charge on any atom is 0.209 e. The maximum absolute atomic E-state index is 11.5. The molecule has 2 rings (SSSR count). The first-order valence-corrected chi connectivity index (χ1v) is 4.46. The van der Waals surface area contributed by atoms with Gasteiger partial charge in [-0.15, -0.1) is 0 Å². The monoisotopic (exact) mass is 229 g/mol. The van der Waals surface area contributed by atoms with Crippen LogP contribution in [0.5, 0.6) is 0 Å². The Kier molecular flexibility index (Phi) is 4.54. The van der Waals surface area contributed by atoms with Crippen molar-refractivity contribution in [1.29, 1.82) is 0 Å². The number of nitrogens with one attached hydrogen (secondary N) is 1. The topological polar surface area (TPSA) is 45.8 Å². The van der Waals surface area contributed by atoms with Crippen LogP contribution >= 0.6 is 11.6 Å². The van der Waals surface area contributed by atoms with Crippen LogP contribution in [-0.2, 0) is 0 Å². The molecule has 0 atom stereocenters. The molecular formula is C10H7ClN2NaO. The van der Waals surface area contributed by atoms with E-state index in [-0.39, 0.29) is 40.1 Å². The first kappa shape index (κ1) is 12.5. The average molecular weight is 230 g/mol. The van der Waals surface area contributed by atoms with Crippen LogP contribution in [-0.4, -0.2) is 39.8 Å². The second kappa shape index (κ2) is 5.47. The quantitative estimate of drug-likeness (QED) is 0.757. The van der Waals surface area contributed by atoms with Crippen molar-refractivity contribution in [2.45, 2.75) is 0 Å². The van der Waals surface area contributed by atoms with Gasteiger partial charge in [0.05, 0.1) is 0 Å². The minimum Gasteiger partial charge on any atom is -0.287 e. The molecule has 1 radical (unpaired) electrons. The van der Waals surface area contributed by atoms with E-state index in [2.05, 4.69) is 10.2 Å². The summed E-state index contributed by atoms with van der Waals surface area (Å²) in [7, 11) is 0. The van der Waals surface area contributed by atoms with Crippen molar-refractivity contribution in [3.8, 4) is 11.3 Å². The number of halogens is 1. The molecule has 0 bridgehead atoms. The van der Waals surface area contributed by atoms with Gasteiger partial charge in [-0.25, -0.2) is 0 Å². The fourth-order valence-corrected chi connectivity index (χ4v) is 1.32. The zero-order chi connectivity index (χ0) is 9.97.